The van der Waals surface area contributed by atoms with E-state index >= 15 is 0 Å². The van der Waals surface area contributed by atoms with Gasteiger partial charge in [-0.15, -0.1) is 0 Å². The molecule has 0 aliphatic rings. The van der Waals surface area contributed by atoms with Crippen molar-refractivity contribution < 1.29 is 14.3 Å². The van der Waals surface area contributed by atoms with Crippen molar-refractivity contribution in [1.29, 1.82) is 0 Å². The maximum atomic E-state index is 12.5. The van der Waals surface area contributed by atoms with Crippen LogP contribution in [-0.4, -0.2) is 25.2 Å². The summed E-state index contributed by atoms with van der Waals surface area (Å²) in [6.07, 6.45) is 2.72. The number of ether oxygens (including phenoxy) is 2. The van der Waals surface area contributed by atoms with E-state index in [4.69, 9.17) is 9.47 Å². The molecule has 0 saturated carbocycles. The number of hydrogen-bond acceptors (Lipinski definition) is 3. The first-order valence-electron chi connectivity index (χ1n) is 7.57. The molecule has 0 unspecified atom stereocenters. The molecule has 0 bridgehead atoms. The molecule has 4 nitrogen and oxygen atoms in total. The fraction of sp³-hybridized carbons (Fsp3) is 0.588. The second kappa shape index (κ2) is 8.03. The van der Waals surface area contributed by atoms with Crippen LogP contribution in [0.5, 0.6) is 5.75 Å². The average molecular weight is 293 g/mol. The summed E-state index contributed by atoms with van der Waals surface area (Å²) < 4.78 is 10.9. The van der Waals surface area contributed by atoms with E-state index in [1.807, 2.05) is 39.0 Å². The Labute approximate surface area is 127 Å². The van der Waals surface area contributed by atoms with Crippen molar-refractivity contribution in [3.63, 3.8) is 0 Å². The van der Waals surface area contributed by atoms with E-state index in [0.29, 0.717) is 6.61 Å². The minimum Gasteiger partial charge on any atom is -0.496 e. The van der Waals surface area contributed by atoms with Crippen LogP contribution in [0.25, 0.3) is 0 Å². The largest absolute Gasteiger partial charge is 0.496 e. The van der Waals surface area contributed by atoms with E-state index in [1.165, 1.54) is 0 Å². The third kappa shape index (κ3) is 4.74. The first-order valence-corrected chi connectivity index (χ1v) is 7.57. The molecular weight excluding hydrogens is 266 g/mol. The van der Waals surface area contributed by atoms with E-state index in [-0.39, 0.29) is 5.91 Å². The number of amides is 1. The molecule has 0 radical (unpaired) electrons. The van der Waals surface area contributed by atoms with Crippen molar-refractivity contribution in [2.75, 3.05) is 19.0 Å². The van der Waals surface area contributed by atoms with Gasteiger partial charge in [0.05, 0.1) is 7.11 Å². The van der Waals surface area contributed by atoms with E-state index in [2.05, 4.69) is 12.2 Å². The van der Waals surface area contributed by atoms with Gasteiger partial charge >= 0.3 is 0 Å². The molecule has 21 heavy (non-hydrogen) atoms. The third-order valence-corrected chi connectivity index (χ3v) is 3.60. The molecule has 1 amide bonds. The lowest BCUT2D eigenvalue weighted by Crippen LogP contribution is -2.42. The SMILES string of the molecule is CCCC[C@@](C)(OCC)C(=O)Nc1ccc(OC)c(C)c1. The Hall–Kier alpha value is -1.55. The van der Waals surface area contributed by atoms with Crippen LogP contribution >= 0.6 is 0 Å². The van der Waals surface area contributed by atoms with Crippen LogP contribution in [-0.2, 0) is 9.53 Å². The summed E-state index contributed by atoms with van der Waals surface area (Å²) in [5.41, 5.74) is 0.973. The normalized spacial score (nSPS) is 13.6. The summed E-state index contributed by atoms with van der Waals surface area (Å²) in [6, 6.07) is 5.61. The summed E-state index contributed by atoms with van der Waals surface area (Å²) in [7, 11) is 1.64. The van der Waals surface area contributed by atoms with Crippen LogP contribution in [0.2, 0.25) is 0 Å². The molecule has 4 heteroatoms. The van der Waals surface area contributed by atoms with Gasteiger partial charge in [-0.1, -0.05) is 19.8 Å². The number of methoxy groups -OCH3 is 1. The van der Waals surface area contributed by atoms with Crippen molar-refractivity contribution in [3.8, 4) is 5.75 Å². The number of nitrogens with one attached hydrogen (secondary N) is 1. The topological polar surface area (TPSA) is 47.6 Å². The number of carbonyl (C=O) groups is 1. The molecule has 0 spiro atoms. The van der Waals surface area contributed by atoms with Crippen molar-refractivity contribution in [1.82, 2.24) is 0 Å². The molecule has 1 aromatic rings. The number of benzene rings is 1. The minimum atomic E-state index is -0.779. The van der Waals surface area contributed by atoms with E-state index in [1.54, 1.807) is 7.11 Å². The number of hydrogen-bond donors (Lipinski definition) is 1. The highest BCUT2D eigenvalue weighted by molar-refractivity contribution is 5.97. The Kier molecular flexibility index (Phi) is 6.69. The lowest BCUT2D eigenvalue weighted by molar-refractivity contribution is -0.139. The van der Waals surface area contributed by atoms with Crippen LogP contribution in [0.3, 0.4) is 0 Å². The van der Waals surface area contributed by atoms with Crippen LogP contribution in [0.4, 0.5) is 5.69 Å². The lowest BCUT2D eigenvalue weighted by Gasteiger charge is -2.28. The Bertz CT molecular complexity index is 473. The number of aryl methyl sites for hydroxylation is 1. The molecule has 0 aliphatic carbocycles. The highest BCUT2D eigenvalue weighted by Gasteiger charge is 2.33. The summed E-state index contributed by atoms with van der Waals surface area (Å²) in [5.74, 6) is 0.717. The van der Waals surface area contributed by atoms with Gasteiger partial charge in [-0.25, -0.2) is 0 Å². The highest BCUT2D eigenvalue weighted by Crippen LogP contribution is 2.25. The van der Waals surface area contributed by atoms with Gasteiger partial charge in [-0.3, -0.25) is 4.79 Å². The zero-order valence-electron chi connectivity index (χ0n) is 13.8. The summed E-state index contributed by atoms with van der Waals surface area (Å²) >= 11 is 0. The Morgan fingerprint density at radius 1 is 1.33 bits per heavy atom. The van der Waals surface area contributed by atoms with Crippen molar-refractivity contribution in [2.45, 2.75) is 52.6 Å². The molecule has 1 N–H and O–H groups in total. The predicted molar refractivity (Wildman–Crippen MR) is 85.9 cm³/mol. The zero-order valence-corrected chi connectivity index (χ0v) is 13.8. The molecule has 0 aliphatic heterocycles. The minimum absolute atomic E-state index is 0.0950. The van der Waals surface area contributed by atoms with Crippen molar-refractivity contribution in [3.05, 3.63) is 23.8 Å². The quantitative estimate of drug-likeness (QED) is 0.790. The molecular formula is C17H27NO3. The molecule has 0 saturated heterocycles. The molecule has 0 heterocycles. The van der Waals surface area contributed by atoms with Crippen molar-refractivity contribution in [2.24, 2.45) is 0 Å². The van der Waals surface area contributed by atoms with E-state index in [0.717, 1.165) is 36.3 Å². The first-order chi connectivity index (χ1) is 9.96. The van der Waals surface area contributed by atoms with Gasteiger partial charge in [0.15, 0.2) is 0 Å². The number of unbranched alkanes of at least 4 members (excludes halogenated alkanes) is 1. The highest BCUT2D eigenvalue weighted by atomic mass is 16.5. The second-order valence-electron chi connectivity index (χ2n) is 5.41. The maximum absolute atomic E-state index is 12.5. The molecule has 1 atom stereocenters. The molecule has 0 aromatic heterocycles. The number of carbonyl (C=O) groups excluding carboxylic acids is 1. The van der Waals surface area contributed by atoms with Gasteiger partial charge in [0, 0.05) is 12.3 Å². The average Bonchev–Trinajstić information content (AvgIpc) is 2.45. The number of rotatable bonds is 8. The molecule has 0 fully saturated rings. The van der Waals surface area contributed by atoms with Crippen molar-refractivity contribution >= 4 is 11.6 Å². The van der Waals surface area contributed by atoms with Gasteiger partial charge in [0.2, 0.25) is 0 Å². The summed E-state index contributed by atoms with van der Waals surface area (Å²) in [4.78, 5) is 12.5. The maximum Gasteiger partial charge on any atom is 0.256 e. The van der Waals surface area contributed by atoms with Gasteiger partial charge in [-0.2, -0.15) is 0 Å². The Balaban J connectivity index is 2.83. The first kappa shape index (κ1) is 17.5. The lowest BCUT2D eigenvalue weighted by atomic mass is 9.97. The smallest absolute Gasteiger partial charge is 0.256 e. The van der Waals surface area contributed by atoms with E-state index < -0.39 is 5.60 Å². The van der Waals surface area contributed by atoms with Crippen LogP contribution in [0, 0.1) is 6.92 Å². The Morgan fingerprint density at radius 2 is 2.05 bits per heavy atom. The van der Waals surface area contributed by atoms with E-state index in [9.17, 15) is 4.79 Å². The van der Waals surface area contributed by atoms with Gasteiger partial charge in [-0.05, 0) is 51.0 Å². The summed E-state index contributed by atoms with van der Waals surface area (Å²) in [5, 5.41) is 2.95. The van der Waals surface area contributed by atoms with Gasteiger partial charge in [0.25, 0.3) is 5.91 Å². The van der Waals surface area contributed by atoms with Crippen LogP contribution < -0.4 is 10.1 Å². The zero-order chi connectivity index (χ0) is 15.9. The van der Waals surface area contributed by atoms with Crippen LogP contribution in [0.15, 0.2) is 18.2 Å². The standard InChI is InChI=1S/C17H27NO3/c1-6-8-11-17(4,21-7-2)16(19)18-14-9-10-15(20-5)13(3)12-14/h9-10,12H,6-8,11H2,1-5H3,(H,18,19)/t17-/m1/s1. The fourth-order valence-electron chi connectivity index (χ4n) is 2.30. The molecule has 118 valence electrons. The fourth-order valence-corrected chi connectivity index (χ4v) is 2.30. The van der Waals surface area contributed by atoms with Gasteiger partial charge in [0.1, 0.15) is 11.4 Å². The monoisotopic (exact) mass is 293 g/mol. The molecule has 1 aromatic carbocycles. The van der Waals surface area contributed by atoms with Crippen LogP contribution in [0.1, 0.15) is 45.6 Å². The summed E-state index contributed by atoms with van der Waals surface area (Å²) in [6.45, 7) is 8.35. The molecule has 1 rings (SSSR count). The second-order valence-corrected chi connectivity index (χ2v) is 5.41. The number of anilines is 1. The van der Waals surface area contributed by atoms with Gasteiger partial charge < -0.3 is 14.8 Å². The third-order valence-electron chi connectivity index (χ3n) is 3.60. The predicted octanol–water partition coefficient (Wildman–Crippen LogP) is 3.93. The Morgan fingerprint density at radius 3 is 2.57 bits per heavy atom.